The van der Waals surface area contributed by atoms with Gasteiger partial charge in [0.25, 0.3) is 0 Å². The Bertz CT molecular complexity index is 422. The highest BCUT2D eigenvalue weighted by Gasteiger charge is 2.39. The monoisotopic (exact) mass is 267 g/mol. The van der Waals surface area contributed by atoms with E-state index in [0.717, 1.165) is 24.6 Å². The standard InChI is InChI=1S/C16H23F2N/c1-4-19-15(14-6-5-7-16(14,2)3)11-8-12(17)10-13(18)9-11/h8-10,14-15,19H,4-7H2,1-3H3. The molecule has 2 atom stereocenters. The van der Waals surface area contributed by atoms with Crippen LogP contribution in [0.15, 0.2) is 18.2 Å². The van der Waals surface area contributed by atoms with Crippen molar-refractivity contribution in [1.82, 2.24) is 5.32 Å². The van der Waals surface area contributed by atoms with Gasteiger partial charge >= 0.3 is 0 Å². The summed E-state index contributed by atoms with van der Waals surface area (Å²) in [4.78, 5) is 0. The Morgan fingerprint density at radius 2 is 1.89 bits per heavy atom. The lowest BCUT2D eigenvalue weighted by molar-refractivity contribution is 0.198. The molecule has 0 aliphatic heterocycles. The molecule has 2 rings (SSSR count). The molecule has 1 saturated carbocycles. The summed E-state index contributed by atoms with van der Waals surface area (Å²) in [5, 5.41) is 3.42. The minimum Gasteiger partial charge on any atom is -0.310 e. The Morgan fingerprint density at radius 3 is 2.37 bits per heavy atom. The van der Waals surface area contributed by atoms with E-state index >= 15 is 0 Å². The van der Waals surface area contributed by atoms with Gasteiger partial charge in [-0.1, -0.05) is 27.2 Å². The van der Waals surface area contributed by atoms with Crippen LogP contribution < -0.4 is 5.32 Å². The van der Waals surface area contributed by atoms with Crippen LogP contribution in [0.25, 0.3) is 0 Å². The lowest BCUT2D eigenvalue weighted by Crippen LogP contribution is -2.34. The first-order valence-corrected chi connectivity index (χ1v) is 7.13. The molecule has 0 aromatic heterocycles. The first kappa shape index (κ1) is 14.4. The van der Waals surface area contributed by atoms with E-state index in [0.29, 0.717) is 5.92 Å². The van der Waals surface area contributed by atoms with Crippen LogP contribution in [0.5, 0.6) is 0 Å². The van der Waals surface area contributed by atoms with Crippen molar-refractivity contribution in [3.05, 3.63) is 35.4 Å². The average Bonchev–Trinajstić information content (AvgIpc) is 2.64. The van der Waals surface area contributed by atoms with Gasteiger partial charge in [0, 0.05) is 12.1 Å². The third kappa shape index (κ3) is 3.14. The molecule has 19 heavy (non-hydrogen) atoms. The number of halogens is 2. The Kier molecular flexibility index (Phi) is 4.24. The molecule has 0 saturated heterocycles. The Balaban J connectivity index is 2.34. The summed E-state index contributed by atoms with van der Waals surface area (Å²) in [6.45, 7) is 7.34. The van der Waals surface area contributed by atoms with Gasteiger partial charge in [0.05, 0.1) is 0 Å². The smallest absolute Gasteiger partial charge is 0.126 e. The van der Waals surface area contributed by atoms with Crippen molar-refractivity contribution in [3.8, 4) is 0 Å². The zero-order valence-corrected chi connectivity index (χ0v) is 12.0. The van der Waals surface area contributed by atoms with E-state index in [4.69, 9.17) is 0 Å². The highest BCUT2D eigenvalue weighted by atomic mass is 19.1. The molecule has 1 aliphatic carbocycles. The van der Waals surface area contributed by atoms with Crippen molar-refractivity contribution in [2.24, 2.45) is 11.3 Å². The van der Waals surface area contributed by atoms with Gasteiger partial charge in [-0.25, -0.2) is 8.78 Å². The summed E-state index contributed by atoms with van der Waals surface area (Å²) >= 11 is 0. The molecule has 106 valence electrons. The number of hydrogen-bond acceptors (Lipinski definition) is 1. The Labute approximate surface area is 114 Å². The number of nitrogens with one attached hydrogen (secondary N) is 1. The highest BCUT2D eigenvalue weighted by molar-refractivity contribution is 5.23. The summed E-state index contributed by atoms with van der Waals surface area (Å²) in [7, 11) is 0. The third-order valence-corrected chi connectivity index (χ3v) is 4.41. The van der Waals surface area contributed by atoms with Crippen LogP contribution in [0.2, 0.25) is 0 Å². The maximum Gasteiger partial charge on any atom is 0.126 e. The fourth-order valence-corrected chi connectivity index (χ4v) is 3.44. The quantitative estimate of drug-likeness (QED) is 0.850. The molecule has 1 aliphatic rings. The van der Waals surface area contributed by atoms with Crippen LogP contribution in [0, 0.1) is 23.0 Å². The summed E-state index contributed by atoms with van der Waals surface area (Å²) in [6.07, 6.45) is 3.48. The number of hydrogen-bond donors (Lipinski definition) is 1. The lowest BCUT2D eigenvalue weighted by Gasteiger charge is -2.35. The van der Waals surface area contributed by atoms with E-state index in [1.54, 1.807) is 0 Å². The van der Waals surface area contributed by atoms with Crippen LogP contribution in [0.1, 0.15) is 51.6 Å². The number of rotatable bonds is 4. The van der Waals surface area contributed by atoms with Crippen molar-refractivity contribution in [2.45, 2.75) is 46.1 Å². The second kappa shape index (κ2) is 5.58. The maximum atomic E-state index is 13.4. The SMILES string of the molecule is CCNC(c1cc(F)cc(F)c1)C1CCCC1(C)C. The van der Waals surface area contributed by atoms with E-state index in [1.165, 1.54) is 25.0 Å². The van der Waals surface area contributed by atoms with Gasteiger partial charge in [-0.2, -0.15) is 0 Å². The van der Waals surface area contributed by atoms with Gasteiger partial charge in [0.2, 0.25) is 0 Å². The van der Waals surface area contributed by atoms with Crippen LogP contribution in [-0.4, -0.2) is 6.54 Å². The van der Waals surface area contributed by atoms with Crippen LogP contribution in [0.4, 0.5) is 8.78 Å². The number of benzene rings is 1. The highest BCUT2D eigenvalue weighted by Crippen LogP contribution is 2.48. The Morgan fingerprint density at radius 1 is 1.26 bits per heavy atom. The van der Waals surface area contributed by atoms with Gasteiger partial charge < -0.3 is 5.32 Å². The molecule has 0 bridgehead atoms. The molecule has 0 amide bonds. The molecule has 2 unspecified atom stereocenters. The van der Waals surface area contributed by atoms with Crippen molar-refractivity contribution >= 4 is 0 Å². The minimum atomic E-state index is -0.492. The van der Waals surface area contributed by atoms with E-state index in [9.17, 15) is 8.78 Å². The van der Waals surface area contributed by atoms with E-state index in [-0.39, 0.29) is 11.5 Å². The second-order valence-electron chi connectivity index (χ2n) is 6.23. The molecule has 1 aromatic carbocycles. The zero-order chi connectivity index (χ0) is 14.0. The first-order valence-electron chi connectivity index (χ1n) is 7.13. The van der Waals surface area contributed by atoms with Gasteiger partial charge in [-0.3, -0.25) is 0 Å². The molecular weight excluding hydrogens is 244 g/mol. The van der Waals surface area contributed by atoms with Crippen LogP contribution >= 0.6 is 0 Å². The van der Waals surface area contributed by atoms with Crippen molar-refractivity contribution in [3.63, 3.8) is 0 Å². The maximum absolute atomic E-state index is 13.4. The van der Waals surface area contributed by atoms with Gasteiger partial charge in [0.15, 0.2) is 0 Å². The molecule has 0 radical (unpaired) electrons. The zero-order valence-electron chi connectivity index (χ0n) is 12.0. The summed E-state index contributed by atoms with van der Waals surface area (Å²) in [6, 6.07) is 3.90. The molecule has 1 nitrogen and oxygen atoms in total. The molecule has 0 spiro atoms. The fraction of sp³-hybridized carbons (Fsp3) is 0.625. The van der Waals surface area contributed by atoms with Gasteiger partial charge in [-0.15, -0.1) is 0 Å². The third-order valence-electron chi connectivity index (χ3n) is 4.41. The summed E-state index contributed by atoms with van der Waals surface area (Å²) < 4.78 is 26.9. The van der Waals surface area contributed by atoms with E-state index in [1.807, 2.05) is 6.92 Å². The predicted octanol–water partition coefficient (Wildman–Crippen LogP) is 4.44. The Hall–Kier alpha value is -0.960. The van der Waals surface area contributed by atoms with Crippen molar-refractivity contribution in [1.29, 1.82) is 0 Å². The molecule has 3 heteroatoms. The average molecular weight is 267 g/mol. The topological polar surface area (TPSA) is 12.0 Å². The first-order chi connectivity index (χ1) is 8.94. The normalized spacial score (nSPS) is 23.5. The molecule has 1 aromatic rings. The minimum absolute atomic E-state index is 0.0349. The van der Waals surface area contributed by atoms with Crippen LogP contribution in [0.3, 0.4) is 0 Å². The van der Waals surface area contributed by atoms with E-state index < -0.39 is 11.6 Å². The summed E-state index contributed by atoms with van der Waals surface area (Å²) in [5.74, 6) is -0.559. The van der Waals surface area contributed by atoms with Gasteiger partial charge in [0.1, 0.15) is 11.6 Å². The fourth-order valence-electron chi connectivity index (χ4n) is 3.44. The molecular formula is C16H23F2N. The summed E-state index contributed by atoms with van der Waals surface area (Å²) in [5.41, 5.74) is 0.953. The van der Waals surface area contributed by atoms with Gasteiger partial charge in [-0.05, 0) is 48.4 Å². The van der Waals surface area contributed by atoms with Crippen molar-refractivity contribution in [2.75, 3.05) is 6.54 Å². The lowest BCUT2D eigenvalue weighted by atomic mass is 9.75. The van der Waals surface area contributed by atoms with Crippen LogP contribution in [-0.2, 0) is 0 Å². The predicted molar refractivity (Wildman–Crippen MR) is 73.9 cm³/mol. The molecule has 1 N–H and O–H groups in total. The largest absolute Gasteiger partial charge is 0.310 e. The molecule has 1 fully saturated rings. The van der Waals surface area contributed by atoms with Crippen molar-refractivity contribution < 1.29 is 8.78 Å². The molecule has 0 heterocycles. The second-order valence-corrected chi connectivity index (χ2v) is 6.23. The van der Waals surface area contributed by atoms with E-state index in [2.05, 4.69) is 19.2 Å².